The van der Waals surface area contributed by atoms with Crippen molar-refractivity contribution in [3.63, 3.8) is 0 Å². The van der Waals surface area contributed by atoms with E-state index < -0.39 is 0 Å². The van der Waals surface area contributed by atoms with Gasteiger partial charge in [-0.2, -0.15) is 5.26 Å². The van der Waals surface area contributed by atoms with Gasteiger partial charge in [0.2, 0.25) is 0 Å². The second kappa shape index (κ2) is 4.74. The first-order chi connectivity index (χ1) is 6.27. The van der Waals surface area contributed by atoms with Gasteiger partial charge in [-0.25, -0.2) is 0 Å². The monoisotopic (exact) mass is 189 g/mol. The van der Waals surface area contributed by atoms with Crippen LogP contribution in [-0.4, -0.2) is 5.75 Å². The molecule has 0 bridgehead atoms. The van der Waals surface area contributed by atoms with Crippen molar-refractivity contribution in [2.75, 3.05) is 5.75 Å². The van der Waals surface area contributed by atoms with Gasteiger partial charge in [-0.05, 0) is 24.6 Å². The minimum absolute atomic E-state index is 0.748. The fourth-order valence-electron chi connectivity index (χ4n) is 0.990. The zero-order valence-corrected chi connectivity index (χ0v) is 8.40. The maximum Gasteiger partial charge on any atom is 0.100 e. The minimum Gasteiger partial charge on any atom is -0.192 e. The molecular formula is C11H11NS. The van der Waals surface area contributed by atoms with Crippen molar-refractivity contribution in [3.8, 4) is 6.07 Å². The Morgan fingerprint density at radius 1 is 1.62 bits per heavy atom. The smallest absolute Gasteiger partial charge is 0.100 e. The van der Waals surface area contributed by atoms with Crippen LogP contribution in [0.5, 0.6) is 0 Å². The third kappa shape index (κ3) is 2.64. The van der Waals surface area contributed by atoms with E-state index in [0.29, 0.717) is 0 Å². The van der Waals surface area contributed by atoms with Gasteiger partial charge in [0.05, 0.1) is 5.56 Å². The van der Waals surface area contributed by atoms with E-state index in [1.165, 1.54) is 5.56 Å². The number of hydrogen-bond acceptors (Lipinski definition) is 2. The summed E-state index contributed by atoms with van der Waals surface area (Å²) >= 11 is 1.65. The Labute approximate surface area is 83.1 Å². The molecule has 0 heterocycles. The average molecular weight is 189 g/mol. The molecule has 0 unspecified atom stereocenters. The zero-order valence-electron chi connectivity index (χ0n) is 7.58. The highest BCUT2D eigenvalue weighted by atomic mass is 32.2. The van der Waals surface area contributed by atoms with Gasteiger partial charge in [-0.15, -0.1) is 18.3 Å². The standard InChI is InChI=1S/C11H11NS/c1-3-6-13-11-7-9(2)4-5-10(11)8-12/h3-5,7H,1,6H2,2H3. The highest BCUT2D eigenvalue weighted by Crippen LogP contribution is 2.23. The Morgan fingerprint density at radius 3 is 3.00 bits per heavy atom. The third-order valence-corrected chi connectivity index (χ3v) is 2.67. The van der Waals surface area contributed by atoms with Gasteiger partial charge in [-0.1, -0.05) is 12.1 Å². The normalized spacial score (nSPS) is 9.23. The third-order valence-electron chi connectivity index (χ3n) is 1.61. The van der Waals surface area contributed by atoms with E-state index >= 15 is 0 Å². The highest BCUT2D eigenvalue weighted by Gasteiger charge is 2.00. The molecule has 0 saturated carbocycles. The number of nitrogens with zero attached hydrogens (tertiary/aromatic N) is 1. The summed E-state index contributed by atoms with van der Waals surface area (Å²) in [4.78, 5) is 1.04. The number of rotatable bonds is 3. The molecule has 0 N–H and O–H groups in total. The molecule has 66 valence electrons. The van der Waals surface area contributed by atoms with E-state index in [4.69, 9.17) is 5.26 Å². The maximum atomic E-state index is 8.82. The number of benzene rings is 1. The van der Waals surface area contributed by atoms with Gasteiger partial charge >= 0.3 is 0 Å². The van der Waals surface area contributed by atoms with Crippen LogP contribution in [-0.2, 0) is 0 Å². The Hall–Kier alpha value is -1.20. The fourth-order valence-corrected chi connectivity index (χ4v) is 1.83. The lowest BCUT2D eigenvalue weighted by atomic mass is 10.2. The van der Waals surface area contributed by atoms with Crippen molar-refractivity contribution in [1.82, 2.24) is 0 Å². The molecule has 0 spiro atoms. The lowest BCUT2D eigenvalue weighted by Gasteiger charge is -2.02. The SMILES string of the molecule is C=CCSc1cc(C)ccc1C#N. The van der Waals surface area contributed by atoms with Crippen molar-refractivity contribution in [2.24, 2.45) is 0 Å². The van der Waals surface area contributed by atoms with E-state index in [1.54, 1.807) is 11.8 Å². The highest BCUT2D eigenvalue weighted by molar-refractivity contribution is 7.99. The maximum absolute atomic E-state index is 8.82. The molecule has 0 aliphatic carbocycles. The number of thioether (sulfide) groups is 1. The lowest BCUT2D eigenvalue weighted by Crippen LogP contribution is -1.83. The van der Waals surface area contributed by atoms with E-state index in [0.717, 1.165) is 16.2 Å². The van der Waals surface area contributed by atoms with Crippen LogP contribution in [0, 0.1) is 18.3 Å². The van der Waals surface area contributed by atoms with E-state index in [9.17, 15) is 0 Å². The molecule has 2 heteroatoms. The molecule has 0 amide bonds. The van der Waals surface area contributed by atoms with Crippen LogP contribution in [0.2, 0.25) is 0 Å². The van der Waals surface area contributed by atoms with Gasteiger partial charge in [0.25, 0.3) is 0 Å². The fraction of sp³-hybridized carbons (Fsp3) is 0.182. The molecule has 1 aromatic rings. The summed E-state index contributed by atoms with van der Waals surface area (Å²) in [6.07, 6.45) is 1.84. The Kier molecular flexibility index (Phi) is 3.60. The van der Waals surface area contributed by atoms with Crippen LogP contribution >= 0.6 is 11.8 Å². The van der Waals surface area contributed by atoms with Crippen molar-refractivity contribution < 1.29 is 0 Å². The van der Waals surface area contributed by atoms with Gasteiger partial charge in [0.15, 0.2) is 0 Å². The van der Waals surface area contributed by atoms with Crippen LogP contribution in [0.1, 0.15) is 11.1 Å². The van der Waals surface area contributed by atoms with Crippen molar-refractivity contribution >= 4 is 11.8 Å². The predicted octanol–water partition coefficient (Wildman–Crippen LogP) is 3.14. The summed E-state index contributed by atoms with van der Waals surface area (Å²) in [7, 11) is 0. The second-order valence-electron chi connectivity index (χ2n) is 2.71. The number of hydrogen-bond donors (Lipinski definition) is 0. The molecule has 0 aliphatic heterocycles. The largest absolute Gasteiger partial charge is 0.192 e. The van der Waals surface area contributed by atoms with Crippen LogP contribution in [0.15, 0.2) is 35.7 Å². The second-order valence-corrected chi connectivity index (χ2v) is 3.77. The first-order valence-electron chi connectivity index (χ1n) is 4.02. The quantitative estimate of drug-likeness (QED) is 0.538. The van der Waals surface area contributed by atoms with Gasteiger partial charge in [0.1, 0.15) is 6.07 Å². The first-order valence-corrected chi connectivity index (χ1v) is 5.01. The van der Waals surface area contributed by atoms with Crippen LogP contribution < -0.4 is 0 Å². The molecule has 1 aromatic carbocycles. The molecule has 1 rings (SSSR count). The van der Waals surface area contributed by atoms with Crippen molar-refractivity contribution in [1.29, 1.82) is 5.26 Å². The lowest BCUT2D eigenvalue weighted by molar-refractivity contribution is 1.31. The summed E-state index contributed by atoms with van der Waals surface area (Å²) < 4.78 is 0. The minimum atomic E-state index is 0.748. The topological polar surface area (TPSA) is 23.8 Å². The molecular weight excluding hydrogens is 178 g/mol. The van der Waals surface area contributed by atoms with E-state index in [-0.39, 0.29) is 0 Å². The molecule has 0 aromatic heterocycles. The Morgan fingerprint density at radius 2 is 2.38 bits per heavy atom. The number of nitriles is 1. The van der Waals surface area contributed by atoms with Gasteiger partial charge < -0.3 is 0 Å². The van der Waals surface area contributed by atoms with E-state index in [2.05, 4.69) is 12.6 Å². The summed E-state index contributed by atoms with van der Waals surface area (Å²) in [5, 5.41) is 8.82. The van der Waals surface area contributed by atoms with Crippen molar-refractivity contribution in [3.05, 3.63) is 42.0 Å². The number of aryl methyl sites for hydroxylation is 1. The summed E-state index contributed by atoms with van der Waals surface area (Å²) in [6.45, 7) is 5.68. The van der Waals surface area contributed by atoms with Gasteiger partial charge in [0, 0.05) is 10.6 Å². The molecule has 0 atom stereocenters. The first kappa shape index (κ1) is 9.88. The zero-order chi connectivity index (χ0) is 9.68. The Balaban J connectivity index is 2.95. The summed E-state index contributed by atoms with van der Waals surface area (Å²) in [6, 6.07) is 8.03. The molecule has 1 nitrogen and oxygen atoms in total. The molecule has 0 fully saturated rings. The van der Waals surface area contributed by atoms with Gasteiger partial charge in [-0.3, -0.25) is 0 Å². The van der Waals surface area contributed by atoms with Crippen LogP contribution in [0.4, 0.5) is 0 Å². The molecule has 0 aliphatic rings. The predicted molar refractivity (Wildman–Crippen MR) is 56.8 cm³/mol. The van der Waals surface area contributed by atoms with Crippen LogP contribution in [0.3, 0.4) is 0 Å². The summed E-state index contributed by atoms with van der Waals surface area (Å²) in [5.41, 5.74) is 1.93. The average Bonchev–Trinajstić information content (AvgIpc) is 2.15. The molecule has 0 saturated heterocycles. The van der Waals surface area contributed by atoms with Crippen LogP contribution in [0.25, 0.3) is 0 Å². The molecule has 0 radical (unpaired) electrons. The molecule has 13 heavy (non-hydrogen) atoms. The van der Waals surface area contributed by atoms with Crippen molar-refractivity contribution in [2.45, 2.75) is 11.8 Å². The Bertz CT molecular complexity index is 350. The van der Waals surface area contributed by atoms with E-state index in [1.807, 2.05) is 31.2 Å². The summed E-state index contributed by atoms with van der Waals surface area (Å²) in [5.74, 6) is 0.845.